The Morgan fingerprint density at radius 3 is 2.73 bits per heavy atom. The van der Waals surface area contributed by atoms with Crippen molar-refractivity contribution in [3.8, 4) is 11.3 Å². The van der Waals surface area contributed by atoms with Gasteiger partial charge in [-0.2, -0.15) is 21.0 Å². The molecule has 1 aromatic carbocycles. The highest BCUT2D eigenvalue weighted by molar-refractivity contribution is 7.08. The lowest BCUT2D eigenvalue weighted by Gasteiger charge is -2.05. The van der Waals surface area contributed by atoms with Crippen LogP contribution in [0, 0.1) is 6.92 Å². The van der Waals surface area contributed by atoms with E-state index in [0.29, 0.717) is 17.9 Å². The van der Waals surface area contributed by atoms with Gasteiger partial charge in [0.15, 0.2) is 11.5 Å². The van der Waals surface area contributed by atoms with Gasteiger partial charge in [0.2, 0.25) is 5.91 Å². The highest BCUT2D eigenvalue weighted by Gasteiger charge is 2.11. The van der Waals surface area contributed by atoms with Gasteiger partial charge in [0.05, 0.1) is 18.7 Å². The number of aryl methyl sites for hydroxylation is 1. The minimum Gasteiger partial charge on any atom is -0.348 e. The maximum atomic E-state index is 12.1. The Kier molecular flexibility index (Phi) is 4.45. The van der Waals surface area contributed by atoms with Crippen LogP contribution in [0.15, 0.2) is 53.2 Å². The van der Waals surface area contributed by atoms with Crippen molar-refractivity contribution in [3.63, 3.8) is 0 Å². The third kappa shape index (κ3) is 3.48. The zero-order chi connectivity index (χ0) is 17.9. The monoisotopic (exact) mass is 363 g/mol. The van der Waals surface area contributed by atoms with Crippen LogP contribution >= 0.6 is 11.3 Å². The van der Waals surface area contributed by atoms with Gasteiger partial charge in [0.25, 0.3) is 0 Å². The van der Waals surface area contributed by atoms with Crippen LogP contribution in [0.2, 0.25) is 0 Å². The molecule has 1 N–H and O–H groups in total. The second kappa shape index (κ2) is 7.05. The fourth-order valence-electron chi connectivity index (χ4n) is 2.64. The van der Waals surface area contributed by atoms with Crippen molar-refractivity contribution in [2.75, 3.05) is 0 Å². The average Bonchev–Trinajstić information content (AvgIpc) is 3.30. The van der Waals surface area contributed by atoms with E-state index in [0.717, 1.165) is 16.8 Å². The number of fused-ring (bicyclic) bond motifs is 1. The summed E-state index contributed by atoms with van der Waals surface area (Å²) in [5.74, 6) is 0.558. The van der Waals surface area contributed by atoms with Gasteiger partial charge < -0.3 is 5.32 Å². The van der Waals surface area contributed by atoms with Gasteiger partial charge in [0, 0.05) is 5.56 Å². The minimum absolute atomic E-state index is 0.0464. The van der Waals surface area contributed by atoms with Crippen LogP contribution in [-0.2, 0) is 17.8 Å². The number of hydrogen-bond donors (Lipinski definition) is 1. The van der Waals surface area contributed by atoms with Gasteiger partial charge in [-0.25, -0.2) is 0 Å². The zero-order valence-electron chi connectivity index (χ0n) is 14.2. The molecule has 130 valence electrons. The van der Waals surface area contributed by atoms with Gasteiger partial charge in [-0.1, -0.05) is 29.8 Å². The Balaban J connectivity index is 1.53. The fraction of sp³-hybridized carbons (Fsp3) is 0.158. The molecule has 0 spiro atoms. The summed E-state index contributed by atoms with van der Waals surface area (Å²) in [6.07, 6.45) is 0.363. The lowest BCUT2D eigenvalue weighted by Crippen LogP contribution is -2.25. The molecule has 0 radical (unpaired) electrons. The predicted octanol–water partition coefficient (Wildman–Crippen LogP) is 3.02. The maximum absolute atomic E-state index is 12.1. The summed E-state index contributed by atoms with van der Waals surface area (Å²) in [5, 5.41) is 19.7. The number of rotatable bonds is 5. The van der Waals surface area contributed by atoms with Crippen molar-refractivity contribution in [2.45, 2.75) is 19.9 Å². The molecular weight excluding hydrogens is 346 g/mol. The molecule has 26 heavy (non-hydrogen) atoms. The van der Waals surface area contributed by atoms with Crippen molar-refractivity contribution in [3.05, 3.63) is 70.2 Å². The Labute approximate surface area is 154 Å². The Morgan fingerprint density at radius 2 is 1.96 bits per heavy atom. The van der Waals surface area contributed by atoms with E-state index >= 15 is 0 Å². The molecule has 0 fully saturated rings. The molecule has 6 nitrogen and oxygen atoms in total. The number of carbonyl (C=O) groups is 1. The fourth-order valence-corrected chi connectivity index (χ4v) is 3.31. The van der Waals surface area contributed by atoms with Crippen LogP contribution in [0.1, 0.15) is 17.0 Å². The summed E-state index contributed by atoms with van der Waals surface area (Å²) in [7, 11) is 0. The number of hydrogen-bond acceptors (Lipinski definition) is 5. The van der Waals surface area contributed by atoms with Gasteiger partial charge in [-0.15, -0.1) is 10.2 Å². The van der Waals surface area contributed by atoms with Crippen LogP contribution in [0.5, 0.6) is 0 Å². The van der Waals surface area contributed by atoms with E-state index in [9.17, 15) is 4.79 Å². The molecule has 0 saturated carbocycles. The lowest BCUT2D eigenvalue weighted by molar-refractivity contribution is -0.120. The molecule has 4 aromatic rings. The molecule has 0 bridgehead atoms. The molecule has 0 aliphatic heterocycles. The van der Waals surface area contributed by atoms with Crippen LogP contribution in [-0.4, -0.2) is 25.7 Å². The molecule has 1 amide bonds. The summed E-state index contributed by atoms with van der Waals surface area (Å²) in [4.78, 5) is 12.1. The van der Waals surface area contributed by atoms with Gasteiger partial charge in [0.1, 0.15) is 0 Å². The van der Waals surface area contributed by atoms with Crippen molar-refractivity contribution in [2.24, 2.45) is 0 Å². The number of benzene rings is 1. The highest BCUT2D eigenvalue weighted by Crippen LogP contribution is 2.18. The van der Waals surface area contributed by atoms with Crippen LogP contribution < -0.4 is 5.32 Å². The number of carbonyl (C=O) groups excluding carboxylic acids is 1. The molecule has 0 unspecified atom stereocenters. The minimum atomic E-state index is -0.0464. The average molecular weight is 363 g/mol. The molecule has 0 aliphatic rings. The number of nitrogens with one attached hydrogen (secondary N) is 1. The Bertz CT molecular complexity index is 1040. The molecule has 0 aliphatic carbocycles. The first kappa shape index (κ1) is 16.4. The van der Waals surface area contributed by atoms with Gasteiger partial charge >= 0.3 is 0 Å². The van der Waals surface area contributed by atoms with E-state index in [1.165, 1.54) is 5.56 Å². The molecule has 4 rings (SSSR count). The smallest absolute Gasteiger partial charge is 0.224 e. The second-order valence-corrected chi connectivity index (χ2v) is 6.84. The number of amides is 1. The quantitative estimate of drug-likeness (QED) is 0.592. The van der Waals surface area contributed by atoms with Crippen LogP contribution in [0.25, 0.3) is 16.9 Å². The van der Waals surface area contributed by atoms with Crippen LogP contribution in [0.3, 0.4) is 0 Å². The number of nitrogens with zero attached hydrogens (tertiary/aromatic N) is 4. The van der Waals surface area contributed by atoms with Gasteiger partial charge in [-0.05, 0) is 41.4 Å². The van der Waals surface area contributed by atoms with E-state index in [1.54, 1.807) is 15.9 Å². The standard InChI is InChI=1S/C19H17N5OS/c1-13-2-4-15(5-3-13)16-6-7-17-21-22-18(24(17)23-16)11-20-19(25)10-14-8-9-26-12-14/h2-9,12H,10-11H2,1H3,(H,20,25). The Hall–Kier alpha value is -3.06. The Morgan fingerprint density at radius 1 is 1.12 bits per heavy atom. The third-order valence-electron chi connectivity index (χ3n) is 4.06. The topological polar surface area (TPSA) is 72.2 Å². The van der Waals surface area contributed by atoms with E-state index in [4.69, 9.17) is 0 Å². The van der Waals surface area contributed by atoms with Crippen molar-refractivity contribution in [1.29, 1.82) is 0 Å². The van der Waals surface area contributed by atoms with E-state index in [-0.39, 0.29) is 12.5 Å². The first-order chi connectivity index (χ1) is 12.7. The predicted molar refractivity (Wildman–Crippen MR) is 101 cm³/mol. The second-order valence-electron chi connectivity index (χ2n) is 6.06. The summed E-state index contributed by atoms with van der Waals surface area (Å²) >= 11 is 1.58. The summed E-state index contributed by atoms with van der Waals surface area (Å²) < 4.78 is 1.68. The SMILES string of the molecule is Cc1ccc(-c2ccc3nnc(CNC(=O)Cc4ccsc4)n3n2)cc1. The molecular formula is C19H17N5OS. The van der Waals surface area contributed by atoms with Crippen molar-refractivity contribution >= 4 is 22.9 Å². The molecule has 7 heteroatoms. The number of aromatic nitrogens is 4. The normalized spacial score (nSPS) is 11.0. The molecule has 0 atom stereocenters. The van der Waals surface area contributed by atoms with Crippen molar-refractivity contribution < 1.29 is 4.79 Å². The summed E-state index contributed by atoms with van der Waals surface area (Å²) in [6.45, 7) is 2.34. The van der Waals surface area contributed by atoms with E-state index in [1.807, 2.05) is 41.1 Å². The largest absolute Gasteiger partial charge is 0.348 e. The zero-order valence-corrected chi connectivity index (χ0v) is 15.0. The maximum Gasteiger partial charge on any atom is 0.224 e. The summed E-state index contributed by atoms with van der Waals surface area (Å²) in [5.41, 5.74) is 4.73. The van der Waals surface area contributed by atoms with Gasteiger partial charge in [-0.3, -0.25) is 4.79 Å². The van der Waals surface area contributed by atoms with E-state index in [2.05, 4.69) is 39.7 Å². The number of thiophene rings is 1. The summed E-state index contributed by atoms with van der Waals surface area (Å²) in [6, 6.07) is 13.9. The molecule has 0 saturated heterocycles. The highest BCUT2D eigenvalue weighted by atomic mass is 32.1. The molecule has 3 aromatic heterocycles. The lowest BCUT2D eigenvalue weighted by atomic mass is 10.1. The molecule has 3 heterocycles. The first-order valence-corrected chi connectivity index (χ1v) is 9.19. The van der Waals surface area contributed by atoms with Crippen molar-refractivity contribution in [1.82, 2.24) is 25.1 Å². The van der Waals surface area contributed by atoms with E-state index < -0.39 is 0 Å². The van der Waals surface area contributed by atoms with Crippen LogP contribution in [0.4, 0.5) is 0 Å². The first-order valence-electron chi connectivity index (χ1n) is 8.25. The third-order valence-corrected chi connectivity index (χ3v) is 4.80.